The molecule has 2 aromatic carbocycles. The van der Waals surface area contributed by atoms with Gasteiger partial charge in [-0.2, -0.15) is 0 Å². The maximum Gasteiger partial charge on any atom is 0.278 e. The Bertz CT molecular complexity index is 1310. The number of aromatic nitrogens is 5. The number of amides is 1. The minimum Gasteiger partial charge on any atom is -0.494 e. The van der Waals surface area contributed by atoms with Crippen molar-refractivity contribution in [1.82, 2.24) is 24.5 Å². The van der Waals surface area contributed by atoms with Gasteiger partial charge in [-0.05, 0) is 43.5 Å². The van der Waals surface area contributed by atoms with Crippen LogP contribution in [-0.4, -0.2) is 37.6 Å². The Hall–Kier alpha value is -3.65. The van der Waals surface area contributed by atoms with Crippen molar-refractivity contribution in [2.24, 2.45) is 0 Å². The van der Waals surface area contributed by atoms with Crippen LogP contribution in [0.2, 0.25) is 5.02 Å². The number of benzene rings is 2. The molecule has 3 heterocycles. The van der Waals surface area contributed by atoms with E-state index in [-0.39, 0.29) is 11.9 Å². The summed E-state index contributed by atoms with van der Waals surface area (Å²) in [5, 5.41) is 12.0. The van der Waals surface area contributed by atoms with E-state index in [4.69, 9.17) is 16.3 Å². The summed E-state index contributed by atoms with van der Waals surface area (Å²) in [6.07, 6.45) is 5.15. The van der Waals surface area contributed by atoms with Crippen molar-refractivity contribution < 1.29 is 9.53 Å². The van der Waals surface area contributed by atoms with Crippen molar-refractivity contribution in [1.29, 1.82) is 0 Å². The molecule has 162 valence electrons. The van der Waals surface area contributed by atoms with Crippen LogP contribution in [-0.2, 0) is 6.42 Å². The molecule has 1 N–H and O–H groups in total. The third-order valence-corrected chi connectivity index (χ3v) is 5.99. The van der Waals surface area contributed by atoms with Crippen molar-refractivity contribution in [3.63, 3.8) is 0 Å². The molecule has 8 nitrogen and oxygen atoms in total. The Morgan fingerprint density at radius 3 is 2.84 bits per heavy atom. The van der Waals surface area contributed by atoms with Crippen LogP contribution in [0.4, 0.5) is 5.69 Å². The number of rotatable bonds is 5. The molecular weight excluding hydrogens is 428 g/mol. The molecule has 0 aliphatic carbocycles. The SMILES string of the molecule is COc1cc(NC(=O)c2nnn3c2CCC3c2ccccc2Cl)ccc1-n1cnc(C)c1. The average Bonchev–Trinajstić information content (AvgIpc) is 3.50. The zero-order chi connectivity index (χ0) is 22.2. The Morgan fingerprint density at radius 2 is 2.09 bits per heavy atom. The summed E-state index contributed by atoms with van der Waals surface area (Å²) < 4.78 is 9.21. The van der Waals surface area contributed by atoms with Crippen molar-refractivity contribution in [2.45, 2.75) is 25.8 Å². The van der Waals surface area contributed by atoms with E-state index < -0.39 is 0 Å². The van der Waals surface area contributed by atoms with Gasteiger partial charge in [0.15, 0.2) is 5.69 Å². The molecule has 0 radical (unpaired) electrons. The highest BCUT2D eigenvalue weighted by molar-refractivity contribution is 6.31. The van der Waals surface area contributed by atoms with Crippen molar-refractivity contribution in [2.75, 3.05) is 12.4 Å². The van der Waals surface area contributed by atoms with Gasteiger partial charge < -0.3 is 14.6 Å². The van der Waals surface area contributed by atoms with Gasteiger partial charge in [-0.1, -0.05) is 35.0 Å². The first kappa shape index (κ1) is 20.3. The molecule has 2 aromatic heterocycles. The van der Waals surface area contributed by atoms with Gasteiger partial charge in [-0.15, -0.1) is 5.10 Å². The first-order valence-corrected chi connectivity index (χ1v) is 10.6. The third kappa shape index (κ3) is 3.52. The number of methoxy groups -OCH3 is 1. The number of anilines is 1. The van der Waals surface area contributed by atoms with Crippen LogP contribution < -0.4 is 10.1 Å². The smallest absolute Gasteiger partial charge is 0.278 e. The lowest BCUT2D eigenvalue weighted by Crippen LogP contribution is -2.14. The van der Waals surface area contributed by atoms with Crippen LogP contribution in [0.3, 0.4) is 0 Å². The number of hydrogen-bond donors (Lipinski definition) is 1. The van der Waals surface area contributed by atoms with Crippen LogP contribution in [0.1, 0.15) is 39.9 Å². The van der Waals surface area contributed by atoms with Gasteiger partial charge in [0.25, 0.3) is 5.91 Å². The topological polar surface area (TPSA) is 86.9 Å². The molecule has 0 bridgehead atoms. The molecule has 1 amide bonds. The number of aryl methyl sites for hydroxylation is 1. The van der Waals surface area contributed by atoms with Gasteiger partial charge in [-0.25, -0.2) is 9.67 Å². The fourth-order valence-electron chi connectivity index (χ4n) is 4.11. The summed E-state index contributed by atoms with van der Waals surface area (Å²) in [4.78, 5) is 17.2. The molecular formula is C23H21ClN6O2. The molecule has 1 aliphatic rings. The standard InChI is InChI=1S/C23H21ClN6O2/c1-14-12-29(13-25-14)19-8-7-15(11-21(19)32-2)26-23(31)22-20-10-9-18(30(20)28-27-22)16-5-3-4-6-17(16)24/h3-8,11-13,18H,9-10H2,1-2H3,(H,26,31). The van der Waals surface area contributed by atoms with Crippen LogP contribution in [0, 0.1) is 6.92 Å². The summed E-state index contributed by atoms with van der Waals surface area (Å²) in [5.74, 6) is 0.312. The van der Waals surface area contributed by atoms with Gasteiger partial charge in [0, 0.05) is 23.0 Å². The number of halogens is 1. The fourth-order valence-corrected chi connectivity index (χ4v) is 4.37. The number of imidazole rings is 1. The first-order chi connectivity index (χ1) is 15.5. The van der Waals surface area contributed by atoms with Gasteiger partial charge >= 0.3 is 0 Å². The van der Waals surface area contributed by atoms with E-state index in [1.165, 1.54) is 0 Å². The molecule has 0 spiro atoms. The maximum atomic E-state index is 13.0. The number of nitrogens with zero attached hydrogens (tertiary/aromatic N) is 5. The largest absolute Gasteiger partial charge is 0.494 e. The van der Waals surface area contributed by atoms with Crippen LogP contribution >= 0.6 is 11.6 Å². The van der Waals surface area contributed by atoms with E-state index in [1.54, 1.807) is 24.2 Å². The molecule has 1 atom stereocenters. The highest BCUT2D eigenvalue weighted by Gasteiger charge is 2.31. The second-order valence-electron chi connectivity index (χ2n) is 7.67. The predicted molar refractivity (Wildman–Crippen MR) is 121 cm³/mol. The summed E-state index contributed by atoms with van der Waals surface area (Å²) in [5.41, 5.74) is 4.46. The van der Waals surface area contributed by atoms with Crippen molar-refractivity contribution in [3.8, 4) is 11.4 Å². The Morgan fingerprint density at radius 1 is 1.25 bits per heavy atom. The number of hydrogen-bond acceptors (Lipinski definition) is 5. The van der Waals surface area contributed by atoms with Gasteiger partial charge in [-0.3, -0.25) is 4.79 Å². The molecule has 1 unspecified atom stereocenters. The third-order valence-electron chi connectivity index (χ3n) is 5.65. The lowest BCUT2D eigenvalue weighted by atomic mass is 10.0. The minimum atomic E-state index is -0.306. The first-order valence-electron chi connectivity index (χ1n) is 10.2. The molecule has 4 aromatic rings. The lowest BCUT2D eigenvalue weighted by molar-refractivity contribution is 0.102. The Labute approximate surface area is 189 Å². The van der Waals surface area contributed by atoms with Gasteiger partial charge in [0.2, 0.25) is 0 Å². The molecule has 32 heavy (non-hydrogen) atoms. The quantitative estimate of drug-likeness (QED) is 0.494. The monoisotopic (exact) mass is 448 g/mol. The van der Waals surface area contributed by atoms with E-state index in [2.05, 4.69) is 20.6 Å². The minimum absolute atomic E-state index is 0.0224. The van der Waals surface area contributed by atoms with Crippen LogP contribution in [0.25, 0.3) is 5.69 Å². The van der Waals surface area contributed by atoms with Gasteiger partial charge in [0.1, 0.15) is 5.75 Å². The number of fused-ring (bicyclic) bond motifs is 1. The summed E-state index contributed by atoms with van der Waals surface area (Å²) in [6, 6.07) is 13.1. The van der Waals surface area contributed by atoms with Crippen molar-refractivity contribution >= 4 is 23.2 Å². The average molecular weight is 449 g/mol. The maximum absolute atomic E-state index is 13.0. The highest BCUT2D eigenvalue weighted by Crippen LogP contribution is 2.35. The second-order valence-corrected chi connectivity index (χ2v) is 8.08. The lowest BCUT2D eigenvalue weighted by Gasteiger charge is -2.13. The molecule has 0 saturated heterocycles. The van der Waals surface area contributed by atoms with E-state index in [9.17, 15) is 4.79 Å². The predicted octanol–water partition coefficient (Wildman–Crippen LogP) is 4.22. The molecule has 1 aliphatic heterocycles. The summed E-state index contributed by atoms with van der Waals surface area (Å²) in [7, 11) is 1.59. The highest BCUT2D eigenvalue weighted by atomic mass is 35.5. The zero-order valence-corrected chi connectivity index (χ0v) is 18.4. The number of carbonyl (C=O) groups is 1. The van der Waals surface area contributed by atoms with Crippen molar-refractivity contribution in [3.05, 3.63) is 82.7 Å². The van der Waals surface area contributed by atoms with Crippen LogP contribution in [0.15, 0.2) is 55.0 Å². The molecule has 9 heteroatoms. The molecule has 5 rings (SSSR count). The van der Waals surface area contributed by atoms with E-state index >= 15 is 0 Å². The fraction of sp³-hybridized carbons (Fsp3) is 0.217. The summed E-state index contributed by atoms with van der Waals surface area (Å²) in [6.45, 7) is 1.92. The normalized spacial score (nSPS) is 14.9. The number of ether oxygens (including phenoxy) is 1. The van der Waals surface area contributed by atoms with E-state index in [0.717, 1.165) is 29.1 Å². The molecule has 0 fully saturated rings. The van der Waals surface area contributed by atoms with E-state index in [0.29, 0.717) is 28.6 Å². The Balaban J connectivity index is 1.39. The Kier molecular flexibility index (Phi) is 5.14. The van der Waals surface area contributed by atoms with Crippen LogP contribution in [0.5, 0.6) is 5.75 Å². The molecule has 0 saturated carbocycles. The second kappa shape index (κ2) is 8.12. The number of carbonyl (C=O) groups excluding carboxylic acids is 1. The number of nitrogens with one attached hydrogen (secondary N) is 1. The zero-order valence-electron chi connectivity index (χ0n) is 17.6. The summed E-state index contributed by atoms with van der Waals surface area (Å²) >= 11 is 6.38. The van der Waals surface area contributed by atoms with Gasteiger partial charge in [0.05, 0.1) is 36.6 Å². The van der Waals surface area contributed by atoms with E-state index in [1.807, 2.05) is 54.1 Å².